The lowest BCUT2D eigenvalue weighted by molar-refractivity contribution is -0.176. The lowest BCUT2D eigenvalue weighted by Crippen LogP contribution is -2.16. The molecule has 0 saturated heterocycles. The molecular weight excluding hydrogens is 375 g/mol. The molecule has 0 unspecified atom stereocenters. The largest absolute Gasteiger partial charge is 0.411 e. The van der Waals surface area contributed by atoms with Crippen molar-refractivity contribution in [3.05, 3.63) is 48.0 Å². The molecule has 0 atom stereocenters. The van der Waals surface area contributed by atoms with Gasteiger partial charge < -0.3 is 4.74 Å². The zero-order valence-corrected chi connectivity index (χ0v) is 14.5. The van der Waals surface area contributed by atoms with E-state index in [4.69, 9.17) is 0 Å². The summed E-state index contributed by atoms with van der Waals surface area (Å²) in [5.74, 6) is 0.319. The molecule has 0 aliphatic rings. The maximum atomic E-state index is 12.1. The fraction of sp³-hybridized carbons (Fsp3) is 0.267. The van der Waals surface area contributed by atoms with Gasteiger partial charge in [0.2, 0.25) is 5.13 Å². The fourth-order valence-corrected chi connectivity index (χ4v) is 3.16. The Morgan fingerprint density at radius 1 is 1.32 bits per heavy atom. The van der Waals surface area contributed by atoms with Crippen molar-refractivity contribution in [1.29, 1.82) is 0 Å². The second-order valence-corrected chi connectivity index (χ2v) is 6.98. The van der Waals surface area contributed by atoms with E-state index in [9.17, 15) is 18.0 Å². The minimum Gasteiger partial charge on any atom is -0.367 e. The molecule has 1 aromatic heterocycles. The first-order chi connectivity index (χ1) is 11.9. The summed E-state index contributed by atoms with van der Waals surface area (Å²) in [7, 11) is 0. The van der Waals surface area contributed by atoms with Crippen molar-refractivity contribution in [3.63, 3.8) is 0 Å². The number of hydrogen-bond donors (Lipinski definition) is 1. The highest BCUT2D eigenvalue weighted by Gasteiger charge is 2.27. The third kappa shape index (κ3) is 6.85. The molecule has 1 aromatic carbocycles. The Bertz CT molecular complexity index is 718. The van der Waals surface area contributed by atoms with Gasteiger partial charge in [0.25, 0.3) is 5.91 Å². The van der Waals surface area contributed by atoms with Crippen LogP contribution in [0.1, 0.15) is 15.9 Å². The zero-order chi connectivity index (χ0) is 18.3. The predicted octanol–water partition coefficient (Wildman–Crippen LogP) is 4.15. The van der Waals surface area contributed by atoms with Crippen molar-refractivity contribution >= 4 is 34.1 Å². The Morgan fingerprint density at radius 2 is 2.04 bits per heavy atom. The van der Waals surface area contributed by atoms with Crippen LogP contribution in [0.3, 0.4) is 0 Å². The van der Waals surface area contributed by atoms with Crippen LogP contribution < -0.4 is 5.32 Å². The number of ether oxygens (including phenoxy) is 1. The van der Waals surface area contributed by atoms with Gasteiger partial charge in [-0.05, 0) is 17.7 Å². The second kappa shape index (κ2) is 8.97. The minimum absolute atomic E-state index is 0.179. The Morgan fingerprint density at radius 3 is 2.68 bits per heavy atom. The number of carbonyl (C=O) groups is 1. The van der Waals surface area contributed by atoms with Gasteiger partial charge in [-0.1, -0.05) is 41.3 Å². The standard InChI is InChI=1S/C15H14F3N3O2S2/c1-2-7-24-14-21-20-13(25-14)19-12(22)11-5-3-10(4-6-11)8-23-9-15(16,17)18/h2-6H,1,7-9H2,(H,19,20,22). The number of nitrogens with one attached hydrogen (secondary N) is 1. The Hall–Kier alpha value is -1.91. The van der Waals surface area contributed by atoms with Crippen molar-refractivity contribution in [2.24, 2.45) is 0 Å². The summed E-state index contributed by atoms with van der Waals surface area (Å²) < 4.78 is 41.3. The molecule has 2 rings (SSSR count). The van der Waals surface area contributed by atoms with Crippen molar-refractivity contribution in [2.75, 3.05) is 17.7 Å². The average molecular weight is 389 g/mol. The van der Waals surface area contributed by atoms with Crippen LogP contribution >= 0.6 is 23.1 Å². The van der Waals surface area contributed by atoms with Gasteiger partial charge in [-0.2, -0.15) is 13.2 Å². The number of aromatic nitrogens is 2. The van der Waals surface area contributed by atoms with E-state index in [1.54, 1.807) is 6.08 Å². The number of benzene rings is 1. The molecular formula is C15H14F3N3O2S2. The monoisotopic (exact) mass is 389 g/mol. The van der Waals surface area contributed by atoms with Gasteiger partial charge in [0, 0.05) is 11.3 Å². The number of hydrogen-bond acceptors (Lipinski definition) is 6. The first-order valence-electron chi connectivity index (χ1n) is 6.99. The second-order valence-electron chi connectivity index (χ2n) is 4.73. The number of amides is 1. The summed E-state index contributed by atoms with van der Waals surface area (Å²) in [4.78, 5) is 12.1. The molecule has 0 spiro atoms. The molecule has 1 heterocycles. The van der Waals surface area contributed by atoms with E-state index < -0.39 is 12.8 Å². The summed E-state index contributed by atoms with van der Waals surface area (Å²) in [6.45, 7) is 2.12. The maximum Gasteiger partial charge on any atom is 0.411 e. The molecule has 2 aromatic rings. The predicted molar refractivity (Wildman–Crippen MR) is 90.9 cm³/mol. The van der Waals surface area contributed by atoms with Crippen LogP contribution in [0.4, 0.5) is 18.3 Å². The van der Waals surface area contributed by atoms with Crippen molar-refractivity contribution in [2.45, 2.75) is 17.1 Å². The molecule has 1 amide bonds. The summed E-state index contributed by atoms with van der Waals surface area (Å²) in [6.07, 6.45) is -2.62. The summed E-state index contributed by atoms with van der Waals surface area (Å²) >= 11 is 2.70. The molecule has 0 bridgehead atoms. The summed E-state index contributed by atoms with van der Waals surface area (Å²) in [5, 5.41) is 10.8. The fourth-order valence-electron chi connectivity index (χ4n) is 1.66. The molecule has 10 heteroatoms. The number of anilines is 1. The molecule has 5 nitrogen and oxygen atoms in total. The highest BCUT2D eigenvalue weighted by Crippen LogP contribution is 2.25. The van der Waals surface area contributed by atoms with Gasteiger partial charge in [0.15, 0.2) is 4.34 Å². The third-order valence-electron chi connectivity index (χ3n) is 2.70. The van der Waals surface area contributed by atoms with Crippen molar-refractivity contribution in [3.8, 4) is 0 Å². The number of thioether (sulfide) groups is 1. The van der Waals surface area contributed by atoms with Crippen LogP contribution in [-0.4, -0.2) is 34.6 Å². The zero-order valence-electron chi connectivity index (χ0n) is 12.9. The van der Waals surface area contributed by atoms with Crippen LogP contribution in [0.15, 0.2) is 41.3 Å². The number of rotatable bonds is 8. The molecule has 1 N–H and O–H groups in total. The highest BCUT2D eigenvalue weighted by atomic mass is 32.2. The SMILES string of the molecule is C=CCSc1nnc(NC(=O)c2ccc(COCC(F)(F)F)cc2)s1. The van der Waals surface area contributed by atoms with Crippen LogP contribution in [0, 0.1) is 0 Å². The topological polar surface area (TPSA) is 64.1 Å². The number of halogens is 3. The van der Waals surface area contributed by atoms with E-state index in [0.29, 0.717) is 26.4 Å². The maximum absolute atomic E-state index is 12.1. The van der Waals surface area contributed by atoms with Crippen LogP contribution in [-0.2, 0) is 11.3 Å². The van der Waals surface area contributed by atoms with E-state index in [-0.39, 0.29) is 12.5 Å². The molecule has 0 aliphatic carbocycles. The molecule has 0 radical (unpaired) electrons. The van der Waals surface area contributed by atoms with Gasteiger partial charge in [-0.3, -0.25) is 10.1 Å². The number of nitrogens with zero attached hydrogens (tertiary/aromatic N) is 2. The van der Waals surface area contributed by atoms with E-state index in [1.165, 1.54) is 47.4 Å². The van der Waals surface area contributed by atoms with Gasteiger partial charge in [-0.15, -0.1) is 16.8 Å². The smallest absolute Gasteiger partial charge is 0.367 e. The van der Waals surface area contributed by atoms with Crippen molar-refractivity contribution < 1.29 is 22.7 Å². The van der Waals surface area contributed by atoms with Gasteiger partial charge in [0.05, 0.1) is 6.61 Å². The van der Waals surface area contributed by atoms with E-state index in [2.05, 4.69) is 26.8 Å². The van der Waals surface area contributed by atoms with Gasteiger partial charge in [0.1, 0.15) is 6.61 Å². The minimum atomic E-state index is -4.36. The number of alkyl halides is 3. The molecule has 25 heavy (non-hydrogen) atoms. The van der Waals surface area contributed by atoms with Crippen LogP contribution in [0.5, 0.6) is 0 Å². The molecule has 134 valence electrons. The lowest BCUT2D eigenvalue weighted by Gasteiger charge is -2.08. The normalized spacial score (nSPS) is 11.3. The van der Waals surface area contributed by atoms with Gasteiger partial charge >= 0.3 is 6.18 Å². The average Bonchev–Trinajstić information content (AvgIpc) is 2.99. The molecule has 0 fully saturated rings. The Kier molecular flexibility index (Phi) is 6.97. The quantitative estimate of drug-likeness (QED) is 0.418. The van der Waals surface area contributed by atoms with Crippen LogP contribution in [0.2, 0.25) is 0 Å². The van der Waals surface area contributed by atoms with E-state index in [0.717, 1.165) is 0 Å². The van der Waals surface area contributed by atoms with E-state index in [1.807, 2.05) is 0 Å². The number of carbonyl (C=O) groups excluding carboxylic acids is 1. The van der Waals surface area contributed by atoms with Gasteiger partial charge in [-0.25, -0.2) is 0 Å². The Balaban J connectivity index is 1.87. The third-order valence-corrected chi connectivity index (χ3v) is 4.67. The Labute approximate surface area is 150 Å². The first kappa shape index (κ1) is 19.4. The van der Waals surface area contributed by atoms with Crippen molar-refractivity contribution in [1.82, 2.24) is 10.2 Å². The lowest BCUT2D eigenvalue weighted by atomic mass is 10.1. The summed E-state index contributed by atoms with van der Waals surface area (Å²) in [5.41, 5.74) is 0.898. The van der Waals surface area contributed by atoms with Crippen LogP contribution in [0.25, 0.3) is 0 Å². The first-order valence-corrected chi connectivity index (χ1v) is 8.79. The summed E-state index contributed by atoms with van der Waals surface area (Å²) in [6, 6.07) is 6.10. The van der Waals surface area contributed by atoms with E-state index >= 15 is 0 Å². The molecule has 0 aliphatic heterocycles. The highest BCUT2D eigenvalue weighted by molar-refractivity contribution is 8.01. The molecule has 0 saturated carbocycles.